The van der Waals surface area contributed by atoms with E-state index in [0.29, 0.717) is 43.4 Å². The minimum absolute atomic E-state index is 0.0154. The average molecular weight is 604 g/mol. The lowest BCUT2D eigenvalue weighted by atomic mass is 9.47. The average Bonchev–Trinajstić information content (AvgIpc) is 3.63. The van der Waals surface area contributed by atoms with E-state index in [1.807, 2.05) is 13.8 Å². The van der Waals surface area contributed by atoms with Crippen molar-refractivity contribution in [3.05, 3.63) is 0 Å². The van der Waals surface area contributed by atoms with Crippen molar-refractivity contribution in [2.75, 3.05) is 6.54 Å². The minimum atomic E-state index is -5.14. The molecule has 43 heavy (non-hydrogen) atoms. The topological polar surface area (TPSA) is 131 Å². The van der Waals surface area contributed by atoms with Gasteiger partial charge in [-0.2, -0.15) is 18.4 Å². The Kier molecular flexibility index (Phi) is 6.27. The maximum absolute atomic E-state index is 14.4. The minimum Gasteiger partial charge on any atom is -0.350 e. The molecule has 0 aromatic heterocycles. The van der Waals surface area contributed by atoms with E-state index in [-0.39, 0.29) is 41.7 Å². The summed E-state index contributed by atoms with van der Waals surface area (Å²) in [6.07, 6.45) is 2.27. The third kappa shape index (κ3) is 4.71. The summed E-state index contributed by atoms with van der Waals surface area (Å²) in [6.45, 7) is 4.22. The lowest BCUT2D eigenvalue weighted by molar-refractivity contribution is -0.179. The number of rotatable bonds is 7. The van der Waals surface area contributed by atoms with Crippen molar-refractivity contribution in [1.82, 2.24) is 20.9 Å². The molecule has 6 atom stereocenters. The Morgan fingerprint density at radius 1 is 1.05 bits per heavy atom. The molecule has 6 aliphatic carbocycles. The standard InChI is InChI=1S/C31H40F3N5O4/c1-28(2)20-14-39(22(21(20)28)25(41)36-19(13-35)8-18-12-30(3-4-30)38-24(18)40)26(42)23(37-27(43)31(32,33)34)29-9-15-5-16(10-29)7-17(6-15)11-29/h15-23H,3-12,14H2,1-2H3,(H,36,41)(H,37,43)(H,38,40). The molecule has 6 unspecified atom stereocenters. The molecule has 6 saturated carbocycles. The largest absolute Gasteiger partial charge is 0.471 e. The molecular formula is C31H40F3N5O4. The van der Waals surface area contributed by atoms with Gasteiger partial charge in [0.05, 0.1) is 6.07 Å². The summed E-state index contributed by atoms with van der Waals surface area (Å²) < 4.78 is 40.7. The fourth-order valence-corrected chi connectivity index (χ4v) is 10.5. The van der Waals surface area contributed by atoms with E-state index in [1.54, 1.807) is 0 Å². The van der Waals surface area contributed by atoms with Crippen LogP contribution in [-0.4, -0.2) is 64.9 Å². The molecule has 4 amide bonds. The number of likely N-dealkylation sites (tertiary alicyclic amines) is 1. The highest BCUT2D eigenvalue weighted by Gasteiger charge is 2.70. The van der Waals surface area contributed by atoms with E-state index in [1.165, 1.54) is 4.90 Å². The Balaban J connectivity index is 1.13. The Morgan fingerprint density at radius 3 is 2.16 bits per heavy atom. The van der Waals surface area contributed by atoms with Gasteiger partial charge in [0.15, 0.2) is 0 Å². The molecule has 2 heterocycles. The zero-order valence-corrected chi connectivity index (χ0v) is 24.6. The highest BCUT2D eigenvalue weighted by molar-refractivity contribution is 5.95. The van der Waals surface area contributed by atoms with Gasteiger partial charge < -0.3 is 20.9 Å². The molecule has 0 aromatic rings. The van der Waals surface area contributed by atoms with Crippen molar-refractivity contribution in [1.29, 1.82) is 5.26 Å². The maximum atomic E-state index is 14.4. The first kappa shape index (κ1) is 28.9. The van der Waals surface area contributed by atoms with E-state index in [2.05, 4.69) is 22.0 Å². The summed E-state index contributed by atoms with van der Waals surface area (Å²) in [7, 11) is 0. The molecule has 4 bridgehead atoms. The van der Waals surface area contributed by atoms with Gasteiger partial charge in [-0.1, -0.05) is 13.8 Å². The summed E-state index contributed by atoms with van der Waals surface area (Å²) in [6, 6.07) is -1.17. The molecule has 9 nitrogen and oxygen atoms in total. The third-order valence-corrected chi connectivity index (χ3v) is 12.5. The van der Waals surface area contributed by atoms with Crippen LogP contribution in [0.25, 0.3) is 0 Å². The molecule has 2 aliphatic heterocycles. The first-order valence-electron chi connectivity index (χ1n) is 15.8. The predicted molar refractivity (Wildman–Crippen MR) is 145 cm³/mol. The van der Waals surface area contributed by atoms with Gasteiger partial charge in [-0.25, -0.2) is 0 Å². The van der Waals surface area contributed by atoms with Crippen LogP contribution in [0.1, 0.15) is 78.1 Å². The number of hydrogen-bond acceptors (Lipinski definition) is 5. The maximum Gasteiger partial charge on any atom is 0.471 e. The molecule has 0 radical (unpaired) electrons. The first-order chi connectivity index (χ1) is 20.1. The molecule has 8 rings (SSSR count). The van der Waals surface area contributed by atoms with Crippen molar-refractivity contribution in [3.8, 4) is 6.07 Å². The number of halogens is 3. The summed E-state index contributed by atoms with van der Waals surface area (Å²) in [5.41, 5.74) is -1.19. The number of alkyl halides is 3. The van der Waals surface area contributed by atoms with Gasteiger partial charge in [0.2, 0.25) is 17.7 Å². The van der Waals surface area contributed by atoms with Crippen LogP contribution >= 0.6 is 0 Å². The molecule has 234 valence electrons. The van der Waals surface area contributed by atoms with E-state index in [9.17, 15) is 37.6 Å². The van der Waals surface area contributed by atoms with Gasteiger partial charge in [0.25, 0.3) is 0 Å². The molecule has 8 fully saturated rings. The quantitative estimate of drug-likeness (QED) is 0.412. The molecule has 0 aromatic carbocycles. The number of amides is 4. The smallest absolute Gasteiger partial charge is 0.350 e. The van der Waals surface area contributed by atoms with Crippen LogP contribution in [0.2, 0.25) is 0 Å². The predicted octanol–water partition coefficient (Wildman–Crippen LogP) is 2.80. The van der Waals surface area contributed by atoms with Gasteiger partial charge in [0.1, 0.15) is 18.1 Å². The number of fused-ring (bicyclic) bond motifs is 1. The van der Waals surface area contributed by atoms with Crippen LogP contribution in [0.15, 0.2) is 0 Å². The van der Waals surface area contributed by atoms with Crippen LogP contribution < -0.4 is 16.0 Å². The molecule has 12 heteroatoms. The second kappa shape index (κ2) is 9.33. The van der Waals surface area contributed by atoms with Crippen molar-refractivity contribution < 1.29 is 32.3 Å². The van der Waals surface area contributed by atoms with E-state index >= 15 is 0 Å². The van der Waals surface area contributed by atoms with Gasteiger partial charge in [0, 0.05) is 23.4 Å². The van der Waals surface area contributed by atoms with E-state index in [4.69, 9.17) is 0 Å². The molecule has 3 N–H and O–H groups in total. The summed E-state index contributed by atoms with van der Waals surface area (Å²) in [5.74, 6) is -3.03. The first-order valence-corrected chi connectivity index (χ1v) is 15.8. The van der Waals surface area contributed by atoms with Crippen molar-refractivity contribution in [2.45, 2.75) is 108 Å². The number of nitrogens with zero attached hydrogens (tertiary/aromatic N) is 2. The van der Waals surface area contributed by atoms with Crippen LogP contribution in [0.4, 0.5) is 13.2 Å². The zero-order valence-electron chi connectivity index (χ0n) is 24.6. The Hall–Kier alpha value is -2.84. The fraction of sp³-hybridized carbons (Fsp3) is 0.839. The molecule has 8 aliphatic rings. The van der Waals surface area contributed by atoms with Gasteiger partial charge >= 0.3 is 12.1 Å². The fourth-order valence-electron chi connectivity index (χ4n) is 10.5. The number of nitriles is 1. The Labute approximate surface area is 249 Å². The number of hydrogen-bond donors (Lipinski definition) is 3. The zero-order chi connectivity index (χ0) is 30.7. The summed E-state index contributed by atoms with van der Waals surface area (Å²) in [5, 5.41) is 17.8. The lowest BCUT2D eigenvalue weighted by Crippen LogP contribution is -2.65. The highest BCUT2D eigenvalue weighted by Crippen LogP contribution is 2.66. The van der Waals surface area contributed by atoms with Gasteiger partial charge in [-0.05, 0) is 99.2 Å². The Morgan fingerprint density at radius 2 is 1.65 bits per heavy atom. The van der Waals surface area contributed by atoms with Crippen molar-refractivity contribution in [2.24, 2.45) is 46.3 Å². The molecule has 2 saturated heterocycles. The van der Waals surface area contributed by atoms with Gasteiger partial charge in [-0.15, -0.1) is 0 Å². The van der Waals surface area contributed by atoms with Crippen LogP contribution in [0, 0.1) is 57.7 Å². The molecular weight excluding hydrogens is 563 g/mol. The van der Waals surface area contributed by atoms with E-state index in [0.717, 1.165) is 32.1 Å². The van der Waals surface area contributed by atoms with Crippen LogP contribution in [-0.2, 0) is 19.2 Å². The third-order valence-electron chi connectivity index (χ3n) is 12.5. The summed E-state index contributed by atoms with van der Waals surface area (Å²) in [4.78, 5) is 54.5. The summed E-state index contributed by atoms with van der Waals surface area (Å²) >= 11 is 0. The normalized spacial score (nSPS) is 40.3. The SMILES string of the molecule is CC1(C)C2CN(C(=O)C(NC(=O)C(F)(F)F)C34CC5CC(CC(C5)C3)C4)C(C(=O)NC(C#N)CC3CC4(CC4)NC3=O)C21. The van der Waals surface area contributed by atoms with Crippen LogP contribution in [0.5, 0.6) is 0 Å². The second-order valence-electron chi connectivity index (χ2n) is 15.7. The van der Waals surface area contributed by atoms with Gasteiger partial charge in [-0.3, -0.25) is 19.2 Å². The lowest BCUT2D eigenvalue weighted by Gasteiger charge is -2.59. The second-order valence-corrected chi connectivity index (χ2v) is 15.7. The number of piperidine rings is 1. The van der Waals surface area contributed by atoms with Crippen molar-refractivity contribution in [3.63, 3.8) is 0 Å². The van der Waals surface area contributed by atoms with Crippen molar-refractivity contribution >= 4 is 23.6 Å². The molecule has 1 spiro atoms. The Bertz CT molecular complexity index is 1270. The monoisotopic (exact) mass is 603 g/mol. The van der Waals surface area contributed by atoms with Crippen LogP contribution in [0.3, 0.4) is 0 Å². The highest BCUT2D eigenvalue weighted by atomic mass is 19.4. The van der Waals surface area contributed by atoms with E-state index < -0.39 is 53.4 Å². The number of nitrogens with one attached hydrogen (secondary N) is 3. The number of carbonyl (C=O) groups is 4. The number of carbonyl (C=O) groups excluding carboxylic acids is 4.